The summed E-state index contributed by atoms with van der Waals surface area (Å²) >= 11 is 0. The number of benzene rings is 2. The molecule has 0 spiro atoms. The van der Waals surface area contributed by atoms with Crippen LogP contribution in [0.4, 0.5) is 0 Å². The van der Waals surface area contributed by atoms with Crippen LogP contribution in [0.2, 0.25) is 0 Å². The normalized spacial score (nSPS) is 14.0. The quantitative estimate of drug-likeness (QED) is 0.722. The van der Waals surface area contributed by atoms with Gasteiger partial charge in [-0.2, -0.15) is 4.98 Å². The smallest absolute Gasteiger partial charge is 0.226 e. The Morgan fingerprint density at radius 2 is 1.58 bits per heavy atom. The summed E-state index contributed by atoms with van der Waals surface area (Å²) in [6.07, 6.45) is 1.87. The second-order valence-corrected chi connectivity index (χ2v) is 6.31. The second-order valence-electron chi connectivity index (χ2n) is 6.31. The lowest BCUT2D eigenvalue weighted by Crippen LogP contribution is -2.22. The van der Waals surface area contributed by atoms with Crippen molar-refractivity contribution in [3.05, 3.63) is 71.4 Å². The van der Waals surface area contributed by atoms with Crippen LogP contribution < -0.4 is 0 Å². The van der Waals surface area contributed by atoms with Crippen LogP contribution in [-0.2, 0) is 26.1 Å². The Bertz CT molecular complexity index is 793. The molecule has 1 aromatic heterocycles. The van der Waals surface area contributed by atoms with Crippen molar-refractivity contribution in [2.24, 2.45) is 0 Å². The molecule has 0 fully saturated rings. The molecule has 1 aliphatic heterocycles. The molecule has 0 unspecified atom stereocenters. The van der Waals surface area contributed by atoms with Gasteiger partial charge in [-0.25, -0.2) is 0 Å². The van der Waals surface area contributed by atoms with Crippen molar-refractivity contribution >= 4 is 0 Å². The Kier molecular flexibility index (Phi) is 4.13. The van der Waals surface area contributed by atoms with Gasteiger partial charge in [0.1, 0.15) is 0 Å². The van der Waals surface area contributed by atoms with Crippen LogP contribution in [0.15, 0.2) is 53.1 Å². The van der Waals surface area contributed by atoms with Gasteiger partial charge in [-0.3, -0.25) is 4.90 Å². The summed E-state index contributed by atoms with van der Waals surface area (Å²) in [6, 6.07) is 17.3. The Hall–Kier alpha value is -2.46. The summed E-state index contributed by atoms with van der Waals surface area (Å²) in [6.45, 7) is 4.60. The zero-order chi connectivity index (χ0) is 16.4. The summed E-state index contributed by atoms with van der Waals surface area (Å²) in [5, 5.41) is 4.14. The first kappa shape index (κ1) is 15.1. The number of hydrogen-bond acceptors (Lipinski definition) is 4. The average molecular weight is 319 g/mol. The summed E-state index contributed by atoms with van der Waals surface area (Å²) in [5.74, 6) is 1.51. The van der Waals surface area contributed by atoms with E-state index in [9.17, 15) is 0 Å². The monoisotopic (exact) mass is 319 g/mol. The van der Waals surface area contributed by atoms with Gasteiger partial charge < -0.3 is 4.52 Å². The lowest BCUT2D eigenvalue weighted by molar-refractivity contribution is 0.239. The molecule has 24 heavy (non-hydrogen) atoms. The van der Waals surface area contributed by atoms with Crippen molar-refractivity contribution in [1.82, 2.24) is 15.0 Å². The van der Waals surface area contributed by atoms with Crippen molar-refractivity contribution < 1.29 is 4.52 Å². The van der Waals surface area contributed by atoms with E-state index in [2.05, 4.69) is 70.5 Å². The highest BCUT2D eigenvalue weighted by molar-refractivity contribution is 5.71. The highest BCUT2D eigenvalue weighted by Gasteiger charge is 2.20. The zero-order valence-electron chi connectivity index (χ0n) is 13.9. The van der Waals surface area contributed by atoms with Gasteiger partial charge in [-0.15, -0.1) is 0 Å². The molecule has 4 rings (SSSR count). The van der Waals surface area contributed by atoms with Gasteiger partial charge in [0.2, 0.25) is 5.89 Å². The van der Waals surface area contributed by atoms with Gasteiger partial charge >= 0.3 is 0 Å². The SMILES string of the molecule is CCCc1nc(CN2Cc3ccccc3-c3ccccc3C2)no1. The molecule has 0 amide bonds. The van der Waals surface area contributed by atoms with E-state index in [-0.39, 0.29) is 0 Å². The zero-order valence-corrected chi connectivity index (χ0v) is 13.9. The van der Waals surface area contributed by atoms with Crippen molar-refractivity contribution in [3.63, 3.8) is 0 Å². The van der Waals surface area contributed by atoms with Crippen LogP contribution >= 0.6 is 0 Å². The van der Waals surface area contributed by atoms with Gasteiger partial charge in [-0.05, 0) is 28.7 Å². The van der Waals surface area contributed by atoms with Crippen molar-refractivity contribution in [1.29, 1.82) is 0 Å². The van der Waals surface area contributed by atoms with Gasteiger partial charge in [0, 0.05) is 19.5 Å². The van der Waals surface area contributed by atoms with E-state index in [0.717, 1.165) is 37.6 Å². The van der Waals surface area contributed by atoms with Crippen LogP contribution in [0.25, 0.3) is 11.1 Å². The van der Waals surface area contributed by atoms with E-state index in [1.165, 1.54) is 22.3 Å². The molecule has 0 atom stereocenters. The molecule has 0 bridgehead atoms. The Balaban J connectivity index is 1.64. The Labute approximate surface area is 142 Å². The molecule has 0 saturated heterocycles. The van der Waals surface area contributed by atoms with Gasteiger partial charge in [0.25, 0.3) is 0 Å². The molecule has 4 nitrogen and oxygen atoms in total. The van der Waals surface area contributed by atoms with Crippen molar-refractivity contribution in [2.45, 2.75) is 39.4 Å². The van der Waals surface area contributed by atoms with E-state index in [1.807, 2.05) is 0 Å². The maximum atomic E-state index is 5.33. The fourth-order valence-corrected chi connectivity index (χ4v) is 3.36. The summed E-state index contributed by atoms with van der Waals surface area (Å²) < 4.78 is 5.33. The molecule has 2 heterocycles. The highest BCUT2D eigenvalue weighted by Crippen LogP contribution is 2.32. The molecule has 0 saturated carbocycles. The molecule has 4 heteroatoms. The minimum atomic E-state index is 0.704. The third kappa shape index (κ3) is 2.97. The molecule has 3 aromatic rings. The number of fused-ring (bicyclic) bond motifs is 3. The maximum absolute atomic E-state index is 5.33. The van der Waals surface area contributed by atoms with Crippen LogP contribution in [-0.4, -0.2) is 15.0 Å². The summed E-state index contributed by atoms with van der Waals surface area (Å²) in [5.41, 5.74) is 5.35. The molecule has 1 aliphatic rings. The predicted molar refractivity (Wildman–Crippen MR) is 93.1 cm³/mol. The number of aromatic nitrogens is 2. The standard InChI is InChI=1S/C20H21N3O/c1-2-7-20-21-19(22-24-20)14-23-12-15-8-3-5-10-17(15)18-11-6-4-9-16(18)13-23/h3-6,8-11H,2,7,12-14H2,1H3. The summed E-state index contributed by atoms with van der Waals surface area (Å²) in [7, 11) is 0. The van der Waals surface area contributed by atoms with E-state index in [4.69, 9.17) is 4.52 Å². The topological polar surface area (TPSA) is 42.2 Å². The second kappa shape index (κ2) is 6.57. The summed E-state index contributed by atoms with van der Waals surface area (Å²) in [4.78, 5) is 6.90. The third-order valence-corrected chi connectivity index (χ3v) is 4.45. The molecular weight excluding hydrogens is 298 g/mol. The number of rotatable bonds is 4. The first-order valence-corrected chi connectivity index (χ1v) is 8.53. The molecule has 0 N–H and O–H groups in total. The Morgan fingerprint density at radius 1 is 0.958 bits per heavy atom. The van der Waals surface area contributed by atoms with Crippen molar-refractivity contribution in [3.8, 4) is 11.1 Å². The van der Waals surface area contributed by atoms with E-state index in [0.29, 0.717) is 6.54 Å². The molecule has 0 radical (unpaired) electrons. The maximum Gasteiger partial charge on any atom is 0.226 e. The lowest BCUT2D eigenvalue weighted by atomic mass is 9.97. The number of nitrogens with zero attached hydrogens (tertiary/aromatic N) is 3. The van der Waals surface area contributed by atoms with Gasteiger partial charge in [0.15, 0.2) is 5.82 Å². The molecule has 0 aliphatic carbocycles. The van der Waals surface area contributed by atoms with Gasteiger partial charge in [-0.1, -0.05) is 60.6 Å². The van der Waals surface area contributed by atoms with Crippen LogP contribution in [0.3, 0.4) is 0 Å². The third-order valence-electron chi connectivity index (χ3n) is 4.45. The van der Waals surface area contributed by atoms with E-state index >= 15 is 0 Å². The average Bonchev–Trinajstić information content (AvgIpc) is 2.96. The molecule has 2 aromatic carbocycles. The minimum absolute atomic E-state index is 0.704. The highest BCUT2D eigenvalue weighted by atomic mass is 16.5. The van der Waals surface area contributed by atoms with Gasteiger partial charge in [0.05, 0.1) is 6.54 Å². The lowest BCUT2D eigenvalue weighted by Gasteiger charge is -2.18. The van der Waals surface area contributed by atoms with E-state index < -0.39 is 0 Å². The van der Waals surface area contributed by atoms with Crippen LogP contribution in [0, 0.1) is 0 Å². The van der Waals surface area contributed by atoms with Crippen LogP contribution in [0.5, 0.6) is 0 Å². The largest absolute Gasteiger partial charge is 0.339 e. The Morgan fingerprint density at radius 3 is 2.21 bits per heavy atom. The fraction of sp³-hybridized carbons (Fsp3) is 0.300. The predicted octanol–water partition coefficient (Wildman–Crippen LogP) is 4.20. The van der Waals surface area contributed by atoms with Crippen molar-refractivity contribution in [2.75, 3.05) is 0 Å². The molecular formula is C20H21N3O. The number of hydrogen-bond donors (Lipinski definition) is 0. The molecule has 122 valence electrons. The first-order chi connectivity index (χ1) is 11.8. The fourth-order valence-electron chi connectivity index (χ4n) is 3.36. The first-order valence-electron chi connectivity index (χ1n) is 8.53. The van der Waals surface area contributed by atoms with E-state index in [1.54, 1.807) is 0 Å². The van der Waals surface area contributed by atoms with Crippen LogP contribution in [0.1, 0.15) is 36.2 Å². The number of aryl methyl sites for hydroxylation is 1. The minimum Gasteiger partial charge on any atom is -0.339 e.